The van der Waals surface area contributed by atoms with Crippen LogP contribution < -0.4 is 16.0 Å². The van der Waals surface area contributed by atoms with Crippen molar-refractivity contribution in [3.05, 3.63) is 54.5 Å². The first-order valence-corrected chi connectivity index (χ1v) is 11.6. The normalized spacial score (nSPS) is 15.8. The third-order valence-electron chi connectivity index (χ3n) is 6.67. The number of nitrogen functional groups attached to an aromatic ring is 1. The van der Waals surface area contributed by atoms with Crippen molar-refractivity contribution in [2.24, 2.45) is 5.92 Å². The van der Waals surface area contributed by atoms with Gasteiger partial charge in [-0.2, -0.15) is 4.98 Å². The zero-order valence-corrected chi connectivity index (χ0v) is 20.0. The van der Waals surface area contributed by atoms with E-state index < -0.39 is 5.41 Å². The fourth-order valence-corrected chi connectivity index (χ4v) is 4.09. The molecule has 0 amide bonds. The monoisotopic (exact) mass is 472 g/mol. The molecular weight excluding hydrogens is 444 g/mol. The van der Waals surface area contributed by atoms with Gasteiger partial charge in [0.05, 0.1) is 23.5 Å². The van der Waals surface area contributed by atoms with Gasteiger partial charge < -0.3 is 20.5 Å². The van der Waals surface area contributed by atoms with Crippen LogP contribution in [0, 0.1) is 5.92 Å². The van der Waals surface area contributed by atoms with Crippen molar-refractivity contribution in [1.29, 1.82) is 0 Å². The smallest absolute Gasteiger partial charge is 0.278 e. The second kappa shape index (κ2) is 9.34. The van der Waals surface area contributed by atoms with Crippen LogP contribution in [0.2, 0.25) is 0 Å². The highest BCUT2D eigenvalue weighted by molar-refractivity contribution is 5.58. The van der Waals surface area contributed by atoms with E-state index in [4.69, 9.17) is 15.2 Å². The van der Waals surface area contributed by atoms with Crippen LogP contribution >= 0.6 is 0 Å². The molecule has 180 valence electrons. The number of nitrogens with zero attached hydrogens (tertiary/aromatic N) is 8. The summed E-state index contributed by atoms with van der Waals surface area (Å²) in [5.41, 5.74) is 8.13. The molecule has 1 fully saturated rings. The van der Waals surface area contributed by atoms with E-state index in [9.17, 15) is 0 Å². The standard InChI is InChI=1S/C24H28N10O/c1-15(2)24(3,17-4-5-18(27-12-17)16-10-30-23(25)31-11-16)22-32-21(35-33-22)19-13-29-20(14-28-19)34-8-6-26-7-9-34/h4-5,10-15,26H,6-9H2,1-3H3,(H2,25,30,31)/t24-/m0/s1. The minimum Gasteiger partial charge on any atom is -0.368 e. The lowest BCUT2D eigenvalue weighted by Crippen LogP contribution is -2.43. The Hall–Kier alpha value is -3.99. The van der Waals surface area contributed by atoms with Crippen LogP contribution in [-0.2, 0) is 5.41 Å². The van der Waals surface area contributed by atoms with Crippen LogP contribution in [0.5, 0.6) is 0 Å². The van der Waals surface area contributed by atoms with E-state index in [1.165, 1.54) is 0 Å². The third-order valence-corrected chi connectivity index (χ3v) is 6.67. The molecule has 0 unspecified atom stereocenters. The Bertz CT molecular complexity index is 1270. The van der Waals surface area contributed by atoms with E-state index in [0.29, 0.717) is 17.4 Å². The maximum atomic E-state index is 5.62. The van der Waals surface area contributed by atoms with Gasteiger partial charge in [0.1, 0.15) is 11.5 Å². The Labute approximate surface area is 203 Å². The summed E-state index contributed by atoms with van der Waals surface area (Å²) in [6, 6.07) is 3.96. The number of nitrogens with one attached hydrogen (secondary N) is 1. The van der Waals surface area contributed by atoms with Gasteiger partial charge in [-0.25, -0.2) is 19.9 Å². The van der Waals surface area contributed by atoms with Crippen LogP contribution in [0.4, 0.5) is 11.8 Å². The number of anilines is 2. The van der Waals surface area contributed by atoms with Crippen LogP contribution in [0.25, 0.3) is 22.8 Å². The molecule has 1 atom stereocenters. The Morgan fingerprint density at radius 1 is 0.943 bits per heavy atom. The number of piperazine rings is 1. The molecule has 3 N–H and O–H groups in total. The highest BCUT2D eigenvalue weighted by atomic mass is 16.5. The zero-order valence-electron chi connectivity index (χ0n) is 20.0. The molecular formula is C24H28N10O. The second-order valence-electron chi connectivity index (χ2n) is 9.04. The van der Waals surface area contributed by atoms with Gasteiger partial charge in [0.2, 0.25) is 5.95 Å². The van der Waals surface area contributed by atoms with Gasteiger partial charge in [0.25, 0.3) is 5.89 Å². The quantitative estimate of drug-likeness (QED) is 0.426. The van der Waals surface area contributed by atoms with E-state index in [-0.39, 0.29) is 11.9 Å². The number of nitrogens with two attached hydrogens (primary N) is 1. The van der Waals surface area contributed by atoms with Crippen molar-refractivity contribution in [2.45, 2.75) is 26.2 Å². The average Bonchev–Trinajstić information content (AvgIpc) is 3.40. The summed E-state index contributed by atoms with van der Waals surface area (Å²) in [6.45, 7) is 10.0. The van der Waals surface area contributed by atoms with E-state index >= 15 is 0 Å². The molecule has 0 radical (unpaired) electrons. The SMILES string of the molecule is CC(C)[C@@](C)(c1ccc(-c2cnc(N)nc2)nc1)c1noc(-c2cnc(N3CCNCC3)cn2)n1. The molecule has 5 heterocycles. The van der Waals surface area contributed by atoms with Crippen molar-refractivity contribution >= 4 is 11.8 Å². The molecule has 0 spiro atoms. The summed E-state index contributed by atoms with van der Waals surface area (Å²) in [4.78, 5) is 28.7. The number of rotatable bonds is 6. The van der Waals surface area contributed by atoms with E-state index in [0.717, 1.165) is 48.8 Å². The number of hydrogen-bond acceptors (Lipinski definition) is 11. The molecule has 11 heteroatoms. The number of hydrogen-bond donors (Lipinski definition) is 2. The van der Waals surface area contributed by atoms with Gasteiger partial charge in [-0.15, -0.1) is 0 Å². The lowest BCUT2D eigenvalue weighted by molar-refractivity contribution is 0.350. The van der Waals surface area contributed by atoms with Gasteiger partial charge in [-0.3, -0.25) is 4.98 Å². The Morgan fingerprint density at radius 2 is 1.69 bits per heavy atom. The van der Waals surface area contributed by atoms with E-state index in [2.05, 4.69) is 61.1 Å². The molecule has 11 nitrogen and oxygen atoms in total. The fourth-order valence-electron chi connectivity index (χ4n) is 4.09. The minimum atomic E-state index is -0.529. The maximum Gasteiger partial charge on any atom is 0.278 e. The Kier molecular flexibility index (Phi) is 6.08. The van der Waals surface area contributed by atoms with Crippen LogP contribution in [-0.4, -0.2) is 61.2 Å². The Balaban J connectivity index is 1.40. The van der Waals surface area contributed by atoms with Crippen LogP contribution in [0.3, 0.4) is 0 Å². The molecule has 4 aromatic heterocycles. The molecule has 35 heavy (non-hydrogen) atoms. The second-order valence-corrected chi connectivity index (χ2v) is 9.04. The maximum absolute atomic E-state index is 5.62. The molecule has 1 aliphatic heterocycles. The lowest BCUT2D eigenvalue weighted by atomic mass is 9.73. The predicted molar refractivity (Wildman–Crippen MR) is 131 cm³/mol. The molecule has 0 aromatic carbocycles. The van der Waals surface area contributed by atoms with Gasteiger partial charge in [0.15, 0.2) is 5.82 Å². The van der Waals surface area contributed by atoms with Crippen molar-refractivity contribution in [3.63, 3.8) is 0 Å². The highest BCUT2D eigenvalue weighted by Crippen LogP contribution is 2.38. The third kappa shape index (κ3) is 4.42. The predicted octanol–water partition coefficient (Wildman–Crippen LogP) is 2.33. The molecule has 5 rings (SSSR count). The summed E-state index contributed by atoms with van der Waals surface area (Å²) in [6.07, 6.45) is 8.60. The minimum absolute atomic E-state index is 0.168. The zero-order chi connectivity index (χ0) is 24.4. The van der Waals surface area contributed by atoms with Crippen molar-refractivity contribution < 1.29 is 4.52 Å². The molecule has 1 saturated heterocycles. The van der Waals surface area contributed by atoms with E-state index in [1.807, 2.05) is 18.3 Å². The fraction of sp³-hybridized carbons (Fsp3) is 0.375. The molecule has 0 aliphatic carbocycles. The summed E-state index contributed by atoms with van der Waals surface area (Å²) in [5.74, 6) is 2.16. The molecule has 0 bridgehead atoms. The first kappa shape index (κ1) is 22.8. The summed E-state index contributed by atoms with van der Waals surface area (Å²) in [5, 5.41) is 7.67. The number of pyridine rings is 1. The molecule has 0 saturated carbocycles. The topological polar surface area (TPSA) is 145 Å². The summed E-state index contributed by atoms with van der Waals surface area (Å²) in [7, 11) is 0. The average molecular weight is 473 g/mol. The first-order valence-electron chi connectivity index (χ1n) is 11.6. The lowest BCUT2D eigenvalue weighted by Gasteiger charge is -2.30. The summed E-state index contributed by atoms with van der Waals surface area (Å²) >= 11 is 0. The Morgan fingerprint density at radius 3 is 2.31 bits per heavy atom. The van der Waals surface area contributed by atoms with Crippen molar-refractivity contribution in [2.75, 3.05) is 36.8 Å². The van der Waals surface area contributed by atoms with Gasteiger partial charge in [-0.05, 0) is 24.5 Å². The van der Waals surface area contributed by atoms with E-state index in [1.54, 1.807) is 24.8 Å². The number of aromatic nitrogens is 7. The van der Waals surface area contributed by atoms with Gasteiger partial charge in [0, 0.05) is 50.3 Å². The van der Waals surface area contributed by atoms with Crippen molar-refractivity contribution in [3.8, 4) is 22.8 Å². The molecule has 1 aliphatic rings. The molecule has 4 aromatic rings. The van der Waals surface area contributed by atoms with Crippen molar-refractivity contribution in [1.82, 2.24) is 40.4 Å². The highest BCUT2D eigenvalue weighted by Gasteiger charge is 2.38. The van der Waals surface area contributed by atoms with Crippen LogP contribution in [0.15, 0.2) is 47.6 Å². The van der Waals surface area contributed by atoms with Gasteiger partial charge >= 0.3 is 0 Å². The summed E-state index contributed by atoms with van der Waals surface area (Å²) < 4.78 is 5.62. The van der Waals surface area contributed by atoms with Gasteiger partial charge in [-0.1, -0.05) is 25.1 Å². The van der Waals surface area contributed by atoms with Crippen LogP contribution in [0.1, 0.15) is 32.2 Å². The first-order chi connectivity index (χ1) is 16.9. The largest absolute Gasteiger partial charge is 0.368 e.